The number of Topliss-reactive ketones (excluding diaryl/α,β-unsaturated/α-hetero) is 1. The molecule has 0 saturated heterocycles. The lowest BCUT2D eigenvalue weighted by Crippen LogP contribution is -2.38. The Balaban J connectivity index is 5.68. The van der Waals surface area contributed by atoms with Gasteiger partial charge in [-0.25, -0.2) is 0 Å². The van der Waals surface area contributed by atoms with Crippen molar-refractivity contribution in [2.24, 2.45) is 5.92 Å². The monoisotopic (exact) mass is 596 g/mol. The van der Waals surface area contributed by atoms with Gasteiger partial charge in [0.15, 0.2) is 0 Å². The fraction of sp³-hybridized carbons (Fsp3) is 0.697. The summed E-state index contributed by atoms with van der Waals surface area (Å²) in [6.07, 6.45) is 9.95. The Kier molecular flexibility index (Phi) is 23.1. The first-order chi connectivity index (χ1) is 20.0. The Bertz CT molecular complexity index is 856. The van der Waals surface area contributed by atoms with Crippen molar-refractivity contribution in [3.63, 3.8) is 0 Å². The maximum Gasteiger partial charge on any atom is 0.317 e. The largest absolute Gasteiger partial charge is 0.457 e. The predicted molar refractivity (Wildman–Crippen MR) is 165 cm³/mol. The molecule has 0 aromatic rings. The number of aliphatic hydroxyl groups excluding tert-OH is 4. The van der Waals surface area contributed by atoms with E-state index in [1.54, 1.807) is 0 Å². The van der Waals surface area contributed by atoms with Crippen molar-refractivity contribution >= 4 is 11.8 Å². The fourth-order valence-corrected chi connectivity index (χ4v) is 3.87. The highest BCUT2D eigenvalue weighted by Crippen LogP contribution is 2.18. The summed E-state index contributed by atoms with van der Waals surface area (Å²) in [6, 6.07) is 0. The Morgan fingerprint density at radius 3 is 1.45 bits per heavy atom. The molecule has 0 spiro atoms. The summed E-state index contributed by atoms with van der Waals surface area (Å²) < 4.78 is 16.6. The van der Waals surface area contributed by atoms with Crippen molar-refractivity contribution in [1.82, 2.24) is 0 Å². The van der Waals surface area contributed by atoms with Crippen LogP contribution >= 0.6 is 0 Å². The average Bonchev–Trinajstić information content (AvgIpc) is 2.93. The predicted octanol–water partition coefficient (Wildman–Crippen LogP) is 4.38. The summed E-state index contributed by atoms with van der Waals surface area (Å²) in [4.78, 5) is 26.7. The number of hydrogen-bond donors (Lipinski definition) is 4. The maximum absolute atomic E-state index is 13.4. The number of carbonyl (C=O) groups is 2. The van der Waals surface area contributed by atoms with E-state index >= 15 is 0 Å². The third kappa shape index (κ3) is 19.9. The summed E-state index contributed by atoms with van der Waals surface area (Å²) in [6.45, 7) is 10.0. The van der Waals surface area contributed by atoms with E-state index < -0.39 is 56.6 Å². The highest BCUT2D eigenvalue weighted by atomic mass is 16.6. The van der Waals surface area contributed by atoms with Gasteiger partial charge in [0, 0.05) is 6.42 Å². The Morgan fingerprint density at radius 1 is 0.595 bits per heavy atom. The van der Waals surface area contributed by atoms with E-state index in [2.05, 4.69) is 26.0 Å². The summed E-state index contributed by atoms with van der Waals surface area (Å²) in [5.41, 5.74) is 4.75. The molecule has 9 nitrogen and oxygen atoms in total. The minimum atomic E-state index is -1.02. The zero-order valence-electron chi connectivity index (χ0n) is 26.6. The first kappa shape index (κ1) is 39.9. The molecule has 1 atom stereocenters. The zero-order chi connectivity index (χ0) is 31.9. The number of allylic oxidation sites excluding steroid dienone is 8. The standard InChI is InChI=1S/C33H56O9/c1-24(2)10-7-12-26(5)14-9-15-32(38)31(17-16-27(6)13-8-11-25(3)4)33(39)42-30(22-40-28(18-34)19-35)23-41-29(20-36)21-37/h10-11,14,16,28-31,34-37H,7-9,12-13,15,17-23H2,1-6H3/b26-14+,27-16+. The molecule has 0 aliphatic rings. The van der Waals surface area contributed by atoms with Crippen LogP contribution in [0.1, 0.15) is 86.5 Å². The number of carbonyl (C=O) groups excluding carboxylic acids is 2. The Hall–Kier alpha value is -2.14. The van der Waals surface area contributed by atoms with Crippen molar-refractivity contribution in [3.05, 3.63) is 46.6 Å². The molecule has 0 saturated carbocycles. The van der Waals surface area contributed by atoms with Gasteiger partial charge in [0.05, 0.1) is 39.6 Å². The van der Waals surface area contributed by atoms with Crippen LogP contribution in [-0.4, -0.2) is 90.1 Å². The van der Waals surface area contributed by atoms with Crippen LogP contribution in [0.25, 0.3) is 0 Å². The molecule has 0 amide bonds. The van der Waals surface area contributed by atoms with E-state index in [-0.39, 0.29) is 31.8 Å². The van der Waals surface area contributed by atoms with Crippen molar-refractivity contribution in [3.8, 4) is 0 Å². The second-order valence-electron chi connectivity index (χ2n) is 11.2. The Labute approximate surface area is 252 Å². The van der Waals surface area contributed by atoms with Gasteiger partial charge in [-0.3, -0.25) is 9.59 Å². The topological polar surface area (TPSA) is 143 Å². The summed E-state index contributed by atoms with van der Waals surface area (Å²) in [5, 5.41) is 37.3. The van der Waals surface area contributed by atoms with E-state index in [4.69, 9.17) is 14.2 Å². The highest BCUT2D eigenvalue weighted by molar-refractivity contribution is 5.99. The van der Waals surface area contributed by atoms with Gasteiger partial charge < -0.3 is 34.6 Å². The van der Waals surface area contributed by atoms with Crippen LogP contribution < -0.4 is 0 Å². The van der Waals surface area contributed by atoms with E-state index in [0.717, 1.165) is 31.3 Å². The molecule has 0 rings (SSSR count). The van der Waals surface area contributed by atoms with Gasteiger partial charge in [-0.05, 0) is 80.1 Å². The van der Waals surface area contributed by atoms with Gasteiger partial charge in [0.25, 0.3) is 0 Å². The summed E-state index contributed by atoms with van der Waals surface area (Å²) >= 11 is 0. The normalized spacial score (nSPS) is 13.1. The molecular formula is C33H56O9. The SMILES string of the molecule is CC(C)=CCC/C(C)=C/CCC(=O)C(C/C=C(\C)CCC=C(C)C)C(=O)OC(COC(CO)CO)COC(CO)CO. The quantitative estimate of drug-likeness (QED) is 0.0725. The lowest BCUT2D eigenvalue weighted by atomic mass is 9.94. The number of ether oxygens (including phenoxy) is 3. The van der Waals surface area contributed by atoms with Crippen LogP contribution in [0.5, 0.6) is 0 Å². The fourth-order valence-electron chi connectivity index (χ4n) is 3.87. The molecule has 9 heteroatoms. The Morgan fingerprint density at radius 2 is 1.02 bits per heavy atom. The molecule has 242 valence electrons. The minimum Gasteiger partial charge on any atom is -0.457 e. The molecule has 0 aromatic heterocycles. The molecule has 0 aromatic carbocycles. The van der Waals surface area contributed by atoms with E-state index in [1.807, 2.05) is 39.8 Å². The van der Waals surface area contributed by atoms with Crippen molar-refractivity contribution < 1.29 is 44.2 Å². The van der Waals surface area contributed by atoms with Gasteiger partial charge in [0.1, 0.15) is 30.0 Å². The van der Waals surface area contributed by atoms with Crippen LogP contribution in [0.3, 0.4) is 0 Å². The van der Waals surface area contributed by atoms with Gasteiger partial charge in [-0.1, -0.05) is 46.6 Å². The molecule has 4 N–H and O–H groups in total. The molecular weight excluding hydrogens is 540 g/mol. The second-order valence-corrected chi connectivity index (χ2v) is 11.2. The lowest BCUT2D eigenvalue weighted by Gasteiger charge is -2.24. The van der Waals surface area contributed by atoms with E-state index in [0.29, 0.717) is 6.42 Å². The number of ketones is 1. The lowest BCUT2D eigenvalue weighted by molar-refractivity contribution is -0.168. The average molecular weight is 597 g/mol. The van der Waals surface area contributed by atoms with Crippen LogP contribution in [0, 0.1) is 5.92 Å². The number of hydrogen-bond acceptors (Lipinski definition) is 9. The molecule has 0 bridgehead atoms. The number of aliphatic hydroxyl groups is 4. The van der Waals surface area contributed by atoms with Gasteiger partial charge in [-0.2, -0.15) is 0 Å². The van der Waals surface area contributed by atoms with Crippen LogP contribution in [0.15, 0.2) is 46.6 Å². The smallest absolute Gasteiger partial charge is 0.317 e. The van der Waals surface area contributed by atoms with Gasteiger partial charge >= 0.3 is 5.97 Å². The molecule has 0 aliphatic carbocycles. The molecule has 0 heterocycles. The number of esters is 1. The van der Waals surface area contributed by atoms with Crippen molar-refractivity contribution in [1.29, 1.82) is 0 Å². The maximum atomic E-state index is 13.4. The first-order valence-corrected chi connectivity index (χ1v) is 14.9. The van der Waals surface area contributed by atoms with E-state index in [9.17, 15) is 30.0 Å². The first-order valence-electron chi connectivity index (χ1n) is 14.9. The van der Waals surface area contributed by atoms with E-state index in [1.165, 1.54) is 16.7 Å². The van der Waals surface area contributed by atoms with Crippen molar-refractivity contribution in [2.45, 2.75) is 105 Å². The third-order valence-electron chi connectivity index (χ3n) is 6.57. The minimum absolute atomic E-state index is 0.191. The summed E-state index contributed by atoms with van der Waals surface area (Å²) in [5.74, 6) is -1.97. The summed E-state index contributed by atoms with van der Waals surface area (Å²) in [7, 11) is 0. The molecule has 0 fully saturated rings. The van der Waals surface area contributed by atoms with Gasteiger partial charge in [-0.15, -0.1) is 0 Å². The van der Waals surface area contributed by atoms with Crippen LogP contribution in [-0.2, 0) is 23.8 Å². The molecule has 0 radical (unpaired) electrons. The van der Waals surface area contributed by atoms with Crippen LogP contribution in [0.4, 0.5) is 0 Å². The zero-order valence-corrected chi connectivity index (χ0v) is 26.6. The van der Waals surface area contributed by atoms with Crippen LogP contribution in [0.2, 0.25) is 0 Å². The van der Waals surface area contributed by atoms with Gasteiger partial charge in [0.2, 0.25) is 0 Å². The van der Waals surface area contributed by atoms with Crippen molar-refractivity contribution in [2.75, 3.05) is 39.6 Å². The highest BCUT2D eigenvalue weighted by Gasteiger charge is 2.30. The molecule has 1 unspecified atom stereocenters. The molecule has 0 aliphatic heterocycles. The second kappa shape index (κ2) is 24.3. The third-order valence-corrected chi connectivity index (χ3v) is 6.57. The number of rotatable bonds is 24. The molecule has 42 heavy (non-hydrogen) atoms.